The van der Waals surface area contributed by atoms with Crippen LogP contribution in [-0.2, 0) is 7.05 Å². The normalized spacial score (nSPS) is 9.90. The van der Waals surface area contributed by atoms with E-state index in [1.807, 2.05) is 24.6 Å². The number of carbonyl (C=O) groups is 1. The third kappa shape index (κ3) is 1.01. The molecule has 3 heteroatoms. The topological polar surface area (TPSA) is 22.0 Å². The van der Waals surface area contributed by atoms with E-state index >= 15 is 0 Å². The Balaban J connectivity index is 3.30. The highest BCUT2D eigenvalue weighted by Crippen LogP contribution is 2.18. The second-order valence-electron chi connectivity index (χ2n) is 2.18. The van der Waals surface area contributed by atoms with Crippen molar-refractivity contribution in [2.24, 2.45) is 7.05 Å². The van der Waals surface area contributed by atoms with Crippen molar-refractivity contribution in [1.29, 1.82) is 0 Å². The molecule has 0 fully saturated rings. The van der Waals surface area contributed by atoms with Crippen LogP contribution in [0.15, 0.2) is 10.5 Å². The maximum absolute atomic E-state index is 10.4. The summed E-state index contributed by atoms with van der Waals surface area (Å²) in [5, 5.41) is 0. The lowest BCUT2D eigenvalue weighted by Gasteiger charge is -1.96. The molecule has 54 valence electrons. The quantitative estimate of drug-likeness (QED) is 0.637. The van der Waals surface area contributed by atoms with Gasteiger partial charge in [-0.15, -0.1) is 0 Å². The molecular formula is C7H8BrNO. The largest absolute Gasteiger partial charge is 0.345 e. The van der Waals surface area contributed by atoms with Gasteiger partial charge in [0.05, 0.1) is 5.69 Å². The Hall–Kier alpha value is -0.570. The summed E-state index contributed by atoms with van der Waals surface area (Å²) < 4.78 is 2.83. The van der Waals surface area contributed by atoms with Crippen molar-refractivity contribution < 1.29 is 4.79 Å². The van der Waals surface area contributed by atoms with Crippen molar-refractivity contribution in [3.8, 4) is 0 Å². The number of nitrogens with zero attached hydrogens (tertiary/aromatic N) is 1. The van der Waals surface area contributed by atoms with Crippen LogP contribution in [0.1, 0.15) is 16.2 Å². The predicted molar refractivity (Wildman–Crippen MR) is 43.2 cm³/mol. The first-order chi connectivity index (χ1) is 4.66. The third-order valence-corrected chi connectivity index (χ3v) is 2.43. The molecule has 0 amide bonds. The van der Waals surface area contributed by atoms with Crippen molar-refractivity contribution >= 4 is 22.2 Å². The molecule has 1 aromatic heterocycles. The first-order valence-corrected chi connectivity index (χ1v) is 3.73. The Morgan fingerprint density at radius 1 is 1.70 bits per heavy atom. The minimum Gasteiger partial charge on any atom is -0.345 e. The van der Waals surface area contributed by atoms with Gasteiger partial charge in [0.15, 0.2) is 6.29 Å². The molecule has 0 saturated heterocycles. The van der Waals surface area contributed by atoms with Crippen molar-refractivity contribution in [3.63, 3.8) is 0 Å². The third-order valence-electron chi connectivity index (χ3n) is 1.63. The average molecular weight is 202 g/mol. The van der Waals surface area contributed by atoms with Gasteiger partial charge in [-0.2, -0.15) is 0 Å². The fourth-order valence-electron chi connectivity index (χ4n) is 0.798. The van der Waals surface area contributed by atoms with Crippen LogP contribution >= 0.6 is 15.9 Å². The molecule has 0 unspecified atom stereocenters. The molecule has 1 aromatic rings. The van der Waals surface area contributed by atoms with Crippen molar-refractivity contribution in [1.82, 2.24) is 4.57 Å². The smallest absolute Gasteiger partial charge is 0.166 e. The minimum atomic E-state index is 0.698. The number of hydrogen-bond acceptors (Lipinski definition) is 1. The zero-order valence-electron chi connectivity index (χ0n) is 5.89. The molecule has 10 heavy (non-hydrogen) atoms. The minimum absolute atomic E-state index is 0.698. The Labute approximate surface area is 68.0 Å². The Kier molecular flexibility index (Phi) is 1.94. The molecule has 0 bridgehead atoms. The Bertz CT molecular complexity index is 265. The molecule has 0 spiro atoms. The van der Waals surface area contributed by atoms with Crippen LogP contribution in [0, 0.1) is 6.92 Å². The van der Waals surface area contributed by atoms with Gasteiger partial charge in [-0.25, -0.2) is 0 Å². The van der Waals surface area contributed by atoms with E-state index in [4.69, 9.17) is 0 Å². The molecule has 1 heterocycles. The van der Waals surface area contributed by atoms with E-state index in [2.05, 4.69) is 15.9 Å². The Morgan fingerprint density at radius 2 is 2.30 bits per heavy atom. The van der Waals surface area contributed by atoms with Crippen LogP contribution in [0.25, 0.3) is 0 Å². The van der Waals surface area contributed by atoms with Crippen molar-refractivity contribution in [2.45, 2.75) is 6.92 Å². The molecule has 0 aliphatic carbocycles. The summed E-state index contributed by atoms with van der Waals surface area (Å²) in [6.07, 6.45) is 0.845. The zero-order valence-corrected chi connectivity index (χ0v) is 7.47. The second kappa shape index (κ2) is 2.58. The summed E-state index contributed by atoms with van der Waals surface area (Å²) in [6, 6.07) is 1.81. The Morgan fingerprint density at radius 3 is 2.50 bits per heavy atom. The number of halogens is 1. The van der Waals surface area contributed by atoms with E-state index in [0.717, 1.165) is 16.5 Å². The fraction of sp³-hybridized carbons (Fsp3) is 0.286. The van der Waals surface area contributed by atoms with E-state index in [1.165, 1.54) is 0 Å². The highest BCUT2D eigenvalue weighted by molar-refractivity contribution is 9.10. The number of rotatable bonds is 1. The second-order valence-corrected chi connectivity index (χ2v) is 3.03. The van der Waals surface area contributed by atoms with E-state index in [9.17, 15) is 4.79 Å². The zero-order chi connectivity index (χ0) is 7.72. The lowest BCUT2D eigenvalue weighted by Crippen LogP contribution is -1.95. The van der Waals surface area contributed by atoms with Crippen LogP contribution in [0.2, 0.25) is 0 Å². The number of aromatic nitrogens is 1. The van der Waals surface area contributed by atoms with Crippen LogP contribution in [-0.4, -0.2) is 10.9 Å². The standard InChI is InChI=1S/C7H8BrNO/c1-5-7(8)3-6(4-10)9(5)2/h3-4H,1-2H3. The molecule has 0 atom stereocenters. The van der Waals surface area contributed by atoms with Gasteiger partial charge in [-0.05, 0) is 28.9 Å². The van der Waals surface area contributed by atoms with E-state index in [0.29, 0.717) is 5.69 Å². The lowest BCUT2D eigenvalue weighted by atomic mass is 10.4. The SMILES string of the molecule is Cc1c(Br)cc(C=O)n1C. The average Bonchev–Trinajstić information content (AvgIpc) is 2.17. The molecule has 1 rings (SSSR count). The molecule has 0 radical (unpaired) electrons. The van der Waals surface area contributed by atoms with Gasteiger partial charge in [0.1, 0.15) is 0 Å². The van der Waals surface area contributed by atoms with E-state index in [1.54, 1.807) is 0 Å². The molecule has 0 saturated carbocycles. The highest BCUT2D eigenvalue weighted by atomic mass is 79.9. The molecule has 0 aromatic carbocycles. The molecule has 2 nitrogen and oxygen atoms in total. The van der Waals surface area contributed by atoms with Gasteiger partial charge in [0, 0.05) is 17.2 Å². The van der Waals surface area contributed by atoms with Crippen LogP contribution in [0.4, 0.5) is 0 Å². The first kappa shape index (κ1) is 7.54. The monoisotopic (exact) mass is 201 g/mol. The van der Waals surface area contributed by atoms with Crippen molar-refractivity contribution in [3.05, 3.63) is 21.9 Å². The van der Waals surface area contributed by atoms with Gasteiger partial charge in [0.25, 0.3) is 0 Å². The maximum atomic E-state index is 10.4. The number of hydrogen-bond donors (Lipinski definition) is 0. The summed E-state index contributed by atoms with van der Waals surface area (Å²) in [6.45, 7) is 1.96. The summed E-state index contributed by atoms with van der Waals surface area (Å²) in [4.78, 5) is 10.4. The number of aldehydes is 1. The lowest BCUT2D eigenvalue weighted by molar-refractivity contribution is 0.111. The molecule has 0 aliphatic rings. The van der Waals surface area contributed by atoms with Gasteiger partial charge >= 0.3 is 0 Å². The summed E-state index contributed by atoms with van der Waals surface area (Å²) in [7, 11) is 1.86. The summed E-state index contributed by atoms with van der Waals surface area (Å²) in [5.74, 6) is 0. The number of carbonyl (C=O) groups excluding carboxylic acids is 1. The fourth-order valence-corrected chi connectivity index (χ4v) is 1.30. The van der Waals surface area contributed by atoms with E-state index in [-0.39, 0.29) is 0 Å². The maximum Gasteiger partial charge on any atom is 0.166 e. The van der Waals surface area contributed by atoms with Gasteiger partial charge in [-0.3, -0.25) is 4.79 Å². The van der Waals surface area contributed by atoms with E-state index < -0.39 is 0 Å². The molecule has 0 aliphatic heterocycles. The van der Waals surface area contributed by atoms with Gasteiger partial charge < -0.3 is 4.57 Å². The van der Waals surface area contributed by atoms with Gasteiger partial charge in [0.2, 0.25) is 0 Å². The molecular weight excluding hydrogens is 194 g/mol. The predicted octanol–water partition coefficient (Wildman–Crippen LogP) is 1.91. The molecule has 0 N–H and O–H groups in total. The highest BCUT2D eigenvalue weighted by Gasteiger charge is 2.03. The summed E-state index contributed by atoms with van der Waals surface area (Å²) >= 11 is 3.33. The van der Waals surface area contributed by atoms with Crippen molar-refractivity contribution in [2.75, 3.05) is 0 Å². The van der Waals surface area contributed by atoms with Crippen LogP contribution < -0.4 is 0 Å². The summed E-state index contributed by atoms with van der Waals surface area (Å²) in [5.41, 5.74) is 1.77. The van der Waals surface area contributed by atoms with Crippen LogP contribution in [0.5, 0.6) is 0 Å². The van der Waals surface area contributed by atoms with Crippen LogP contribution in [0.3, 0.4) is 0 Å². The van der Waals surface area contributed by atoms with Gasteiger partial charge in [-0.1, -0.05) is 0 Å². The first-order valence-electron chi connectivity index (χ1n) is 2.94.